The molecule has 22 heavy (non-hydrogen) atoms. The summed E-state index contributed by atoms with van der Waals surface area (Å²) in [4.78, 5) is 2.27. The summed E-state index contributed by atoms with van der Waals surface area (Å²) in [5, 5.41) is 3.90. The monoisotopic (exact) mass is 304 g/mol. The molecule has 2 rings (SSSR count). The Morgan fingerprint density at radius 2 is 2.18 bits per heavy atom. The first-order chi connectivity index (χ1) is 10.6. The van der Waals surface area contributed by atoms with Crippen molar-refractivity contribution in [3.63, 3.8) is 0 Å². The average Bonchev–Trinajstić information content (AvgIpc) is 2.52. The second-order valence-corrected chi connectivity index (χ2v) is 6.76. The maximum Gasteiger partial charge on any atom is 0.122 e. The van der Waals surface area contributed by atoms with Crippen LogP contribution in [0.25, 0.3) is 0 Å². The summed E-state index contributed by atoms with van der Waals surface area (Å²) < 4.78 is 5.55. The molecule has 1 aromatic rings. The third kappa shape index (κ3) is 4.72. The zero-order chi connectivity index (χ0) is 15.9. The third-order valence-corrected chi connectivity index (χ3v) is 4.78. The summed E-state index contributed by atoms with van der Waals surface area (Å²) in [6.07, 6.45) is 7.25. The van der Waals surface area contributed by atoms with Crippen LogP contribution in [-0.4, -0.2) is 44.7 Å². The number of hydrogen-bond donors (Lipinski definition) is 1. The molecule has 0 amide bonds. The minimum atomic E-state index is 0.591. The SMILES string of the molecule is CCC(CCCN(C)C)NC1CCc2cccc(OC)c2C1. The maximum absolute atomic E-state index is 5.55. The smallest absolute Gasteiger partial charge is 0.122 e. The zero-order valence-electron chi connectivity index (χ0n) is 14.7. The minimum Gasteiger partial charge on any atom is -0.496 e. The fourth-order valence-corrected chi connectivity index (χ4v) is 3.48. The predicted molar refractivity (Wildman–Crippen MR) is 93.8 cm³/mol. The summed E-state index contributed by atoms with van der Waals surface area (Å²) in [5.74, 6) is 1.06. The molecular weight excluding hydrogens is 272 g/mol. The van der Waals surface area contributed by atoms with E-state index in [1.807, 2.05) is 0 Å². The van der Waals surface area contributed by atoms with Crippen molar-refractivity contribution in [2.24, 2.45) is 0 Å². The van der Waals surface area contributed by atoms with Gasteiger partial charge >= 0.3 is 0 Å². The molecule has 0 saturated carbocycles. The van der Waals surface area contributed by atoms with Gasteiger partial charge in [-0.05, 0) is 76.4 Å². The Balaban J connectivity index is 1.91. The number of fused-ring (bicyclic) bond motifs is 1. The Kier molecular flexibility index (Phi) is 6.71. The highest BCUT2D eigenvalue weighted by Gasteiger charge is 2.23. The van der Waals surface area contributed by atoms with E-state index >= 15 is 0 Å². The first-order valence-corrected chi connectivity index (χ1v) is 8.69. The number of ether oxygens (including phenoxy) is 1. The lowest BCUT2D eigenvalue weighted by atomic mass is 9.87. The molecule has 0 bridgehead atoms. The van der Waals surface area contributed by atoms with Crippen LogP contribution < -0.4 is 10.1 Å². The van der Waals surface area contributed by atoms with Crippen molar-refractivity contribution in [1.29, 1.82) is 0 Å². The number of nitrogens with one attached hydrogen (secondary N) is 1. The van der Waals surface area contributed by atoms with Gasteiger partial charge in [-0.15, -0.1) is 0 Å². The lowest BCUT2D eigenvalue weighted by molar-refractivity contribution is 0.332. The molecule has 0 saturated heterocycles. The van der Waals surface area contributed by atoms with Gasteiger partial charge in [0.05, 0.1) is 7.11 Å². The van der Waals surface area contributed by atoms with Crippen molar-refractivity contribution in [2.75, 3.05) is 27.7 Å². The molecule has 0 radical (unpaired) electrons. The van der Waals surface area contributed by atoms with Crippen LogP contribution in [0.3, 0.4) is 0 Å². The van der Waals surface area contributed by atoms with Crippen molar-refractivity contribution in [3.8, 4) is 5.75 Å². The van der Waals surface area contributed by atoms with Crippen LogP contribution in [0, 0.1) is 0 Å². The van der Waals surface area contributed by atoms with Gasteiger partial charge in [-0.2, -0.15) is 0 Å². The summed E-state index contributed by atoms with van der Waals surface area (Å²) in [7, 11) is 6.08. The molecule has 3 heteroatoms. The van der Waals surface area contributed by atoms with Gasteiger partial charge in [0, 0.05) is 12.1 Å². The van der Waals surface area contributed by atoms with E-state index in [-0.39, 0.29) is 0 Å². The molecule has 124 valence electrons. The number of nitrogens with zero attached hydrogens (tertiary/aromatic N) is 1. The molecule has 0 aliphatic heterocycles. The van der Waals surface area contributed by atoms with Crippen LogP contribution >= 0.6 is 0 Å². The lowest BCUT2D eigenvalue weighted by Gasteiger charge is -2.30. The summed E-state index contributed by atoms with van der Waals surface area (Å²) in [6.45, 7) is 3.48. The Morgan fingerprint density at radius 3 is 2.86 bits per heavy atom. The lowest BCUT2D eigenvalue weighted by Crippen LogP contribution is -2.41. The molecule has 0 spiro atoms. The van der Waals surface area contributed by atoms with E-state index in [1.165, 1.54) is 49.8 Å². The van der Waals surface area contributed by atoms with Gasteiger partial charge in [-0.1, -0.05) is 19.1 Å². The van der Waals surface area contributed by atoms with E-state index < -0.39 is 0 Å². The molecule has 3 nitrogen and oxygen atoms in total. The number of rotatable bonds is 8. The van der Waals surface area contributed by atoms with Crippen molar-refractivity contribution in [3.05, 3.63) is 29.3 Å². The van der Waals surface area contributed by atoms with Gasteiger partial charge in [0.2, 0.25) is 0 Å². The van der Waals surface area contributed by atoms with Gasteiger partial charge in [0.25, 0.3) is 0 Å². The Labute approximate surface area is 136 Å². The fraction of sp³-hybridized carbons (Fsp3) is 0.684. The summed E-state index contributed by atoms with van der Waals surface area (Å²) >= 11 is 0. The van der Waals surface area contributed by atoms with Crippen LogP contribution in [0.2, 0.25) is 0 Å². The fourth-order valence-electron chi connectivity index (χ4n) is 3.48. The first-order valence-electron chi connectivity index (χ1n) is 8.69. The van der Waals surface area contributed by atoms with Crippen LogP contribution in [0.5, 0.6) is 5.75 Å². The van der Waals surface area contributed by atoms with Crippen molar-refractivity contribution in [2.45, 2.75) is 57.5 Å². The second-order valence-electron chi connectivity index (χ2n) is 6.76. The van der Waals surface area contributed by atoms with Crippen molar-refractivity contribution >= 4 is 0 Å². The molecule has 0 heterocycles. The highest BCUT2D eigenvalue weighted by molar-refractivity contribution is 5.42. The van der Waals surface area contributed by atoms with Crippen LogP contribution in [-0.2, 0) is 12.8 Å². The molecule has 0 fully saturated rings. The van der Waals surface area contributed by atoms with E-state index in [0.717, 1.165) is 12.2 Å². The van der Waals surface area contributed by atoms with Crippen LogP contribution in [0.1, 0.15) is 43.7 Å². The quantitative estimate of drug-likeness (QED) is 0.798. The standard InChI is InChI=1S/C19H32N2O/c1-5-16(9-7-13-21(2)3)20-17-12-11-15-8-6-10-19(22-4)18(15)14-17/h6,8,10,16-17,20H,5,7,9,11-14H2,1-4H3. The van der Waals surface area contributed by atoms with Crippen molar-refractivity contribution in [1.82, 2.24) is 10.2 Å². The van der Waals surface area contributed by atoms with E-state index in [2.05, 4.69) is 49.4 Å². The Hall–Kier alpha value is -1.06. The number of aryl methyl sites for hydroxylation is 1. The zero-order valence-corrected chi connectivity index (χ0v) is 14.7. The van der Waals surface area contributed by atoms with E-state index in [9.17, 15) is 0 Å². The van der Waals surface area contributed by atoms with E-state index in [4.69, 9.17) is 4.74 Å². The Morgan fingerprint density at radius 1 is 1.36 bits per heavy atom. The molecule has 2 atom stereocenters. The van der Waals surface area contributed by atoms with Crippen LogP contribution in [0.4, 0.5) is 0 Å². The van der Waals surface area contributed by atoms with Gasteiger partial charge in [0.15, 0.2) is 0 Å². The van der Waals surface area contributed by atoms with Gasteiger partial charge in [-0.25, -0.2) is 0 Å². The minimum absolute atomic E-state index is 0.591. The highest BCUT2D eigenvalue weighted by atomic mass is 16.5. The molecular formula is C19H32N2O. The number of hydrogen-bond acceptors (Lipinski definition) is 3. The molecule has 2 unspecified atom stereocenters. The number of benzene rings is 1. The Bertz CT molecular complexity index is 444. The highest BCUT2D eigenvalue weighted by Crippen LogP contribution is 2.29. The maximum atomic E-state index is 5.55. The summed E-state index contributed by atoms with van der Waals surface area (Å²) in [6, 6.07) is 7.69. The van der Waals surface area contributed by atoms with Crippen LogP contribution in [0.15, 0.2) is 18.2 Å². The van der Waals surface area contributed by atoms with E-state index in [0.29, 0.717) is 12.1 Å². The van der Waals surface area contributed by atoms with Gasteiger partial charge in [0.1, 0.15) is 5.75 Å². The first kappa shape index (κ1) is 17.3. The van der Waals surface area contributed by atoms with Gasteiger partial charge in [-0.3, -0.25) is 0 Å². The average molecular weight is 304 g/mol. The molecule has 1 N–H and O–H groups in total. The molecule has 0 aromatic heterocycles. The second kappa shape index (κ2) is 8.54. The molecule has 1 aliphatic carbocycles. The van der Waals surface area contributed by atoms with Gasteiger partial charge < -0.3 is 15.0 Å². The van der Waals surface area contributed by atoms with E-state index in [1.54, 1.807) is 7.11 Å². The number of methoxy groups -OCH3 is 1. The summed E-state index contributed by atoms with van der Waals surface area (Å²) in [5.41, 5.74) is 2.88. The predicted octanol–water partition coefficient (Wildman–Crippen LogP) is 3.26. The third-order valence-electron chi connectivity index (χ3n) is 4.78. The topological polar surface area (TPSA) is 24.5 Å². The van der Waals surface area contributed by atoms with Crippen molar-refractivity contribution < 1.29 is 4.74 Å². The molecule has 1 aromatic carbocycles. The molecule has 1 aliphatic rings. The largest absolute Gasteiger partial charge is 0.496 e. The normalized spacial score (nSPS) is 19.0.